The minimum atomic E-state index is -3.59. The molecule has 0 amide bonds. The van der Waals surface area contributed by atoms with Crippen LogP contribution in [0.3, 0.4) is 0 Å². The lowest BCUT2D eigenvalue weighted by Crippen LogP contribution is -2.30. The molecule has 122 valence electrons. The Morgan fingerprint density at radius 2 is 1.74 bits per heavy atom. The molecule has 6 heteroatoms. The predicted octanol–water partition coefficient (Wildman–Crippen LogP) is 3.36. The Morgan fingerprint density at radius 1 is 1.09 bits per heavy atom. The van der Waals surface area contributed by atoms with Gasteiger partial charge in [-0.15, -0.1) is 0 Å². The quantitative estimate of drug-likeness (QED) is 0.861. The summed E-state index contributed by atoms with van der Waals surface area (Å²) < 4.78 is 45.5. The smallest absolute Gasteiger partial charge is 0.243 e. The van der Waals surface area contributed by atoms with E-state index in [-0.39, 0.29) is 16.8 Å². The molecule has 1 saturated heterocycles. The molecule has 2 aromatic rings. The molecule has 3 rings (SSSR count). The minimum Gasteiger partial charge on any atom is -0.497 e. The van der Waals surface area contributed by atoms with E-state index < -0.39 is 10.0 Å². The molecule has 0 radical (unpaired) electrons. The Hall–Kier alpha value is -1.92. The molecule has 2 aromatic carbocycles. The Labute approximate surface area is 135 Å². The SMILES string of the molecule is COc1ccc(S(=O)(=O)N2CCC[C@@H]2c2ccc(F)cc2)cc1. The van der Waals surface area contributed by atoms with E-state index >= 15 is 0 Å². The van der Waals surface area contributed by atoms with Gasteiger partial charge in [0.1, 0.15) is 11.6 Å². The van der Waals surface area contributed by atoms with E-state index in [4.69, 9.17) is 4.74 Å². The summed E-state index contributed by atoms with van der Waals surface area (Å²) in [6.07, 6.45) is 1.53. The lowest BCUT2D eigenvalue weighted by atomic mass is 10.1. The second-order valence-corrected chi connectivity index (χ2v) is 7.39. The van der Waals surface area contributed by atoms with Crippen LogP contribution in [0.25, 0.3) is 0 Å². The van der Waals surface area contributed by atoms with Crippen LogP contribution >= 0.6 is 0 Å². The molecule has 23 heavy (non-hydrogen) atoms. The van der Waals surface area contributed by atoms with E-state index in [1.165, 1.54) is 23.5 Å². The predicted molar refractivity (Wildman–Crippen MR) is 85.3 cm³/mol. The summed E-state index contributed by atoms with van der Waals surface area (Å²) in [5.41, 5.74) is 0.820. The van der Waals surface area contributed by atoms with Gasteiger partial charge in [-0.2, -0.15) is 4.31 Å². The van der Waals surface area contributed by atoms with Crippen molar-refractivity contribution >= 4 is 10.0 Å². The zero-order valence-electron chi connectivity index (χ0n) is 12.8. The zero-order chi connectivity index (χ0) is 16.4. The lowest BCUT2D eigenvalue weighted by molar-refractivity contribution is 0.396. The van der Waals surface area contributed by atoms with Crippen molar-refractivity contribution in [2.75, 3.05) is 13.7 Å². The van der Waals surface area contributed by atoms with Crippen LogP contribution in [0.1, 0.15) is 24.4 Å². The topological polar surface area (TPSA) is 46.6 Å². The van der Waals surface area contributed by atoms with Gasteiger partial charge in [-0.3, -0.25) is 0 Å². The van der Waals surface area contributed by atoms with Gasteiger partial charge in [0.05, 0.1) is 18.0 Å². The first-order chi connectivity index (χ1) is 11.0. The van der Waals surface area contributed by atoms with Gasteiger partial charge < -0.3 is 4.74 Å². The molecule has 0 unspecified atom stereocenters. The van der Waals surface area contributed by atoms with Crippen LogP contribution < -0.4 is 4.74 Å². The van der Waals surface area contributed by atoms with Gasteiger partial charge in [-0.05, 0) is 54.8 Å². The number of methoxy groups -OCH3 is 1. The van der Waals surface area contributed by atoms with Crippen molar-refractivity contribution in [3.63, 3.8) is 0 Å². The van der Waals surface area contributed by atoms with Gasteiger partial charge in [0.2, 0.25) is 10.0 Å². The molecule has 1 aliphatic rings. The van der Waals surface area contributed by atoms with Gasteiger partial charge in [0, 0.05) is 6.54 Å². The highest BCUT2D eigenvalue weighted by molar-refractivity contribution is 7.89. The van der Waals surface area contributed by atoms with E-state index in [2.05, 4.69) is 0 Å². The van der Waals surface area contributed by atoms with Crippen LogP contribution in [0.15, 0.2) is 53.4 Å². The van der Waals surface area contributed by atoms with Crippen molar-refractivity contribution in [3.8, 4) is 5.75 Å². The molecular formula is C17H18FNO3S. The molecule has 1 atom stereocenters. The maximum Gasteiger partial charge on any atom is 0.243 e. The van der Waals surface area contributed by atoms with Gasteiger partial charge in [-0.1, -0.05) is 12.1 Å². The standard InChI is InChI=1S/C17H18FNO3S/c1-22-15-8-10-16(11-9-15)23(20,21)19-12-2-3-17(19)13-4-6-14(18)7-5-13/h4-11,17H,2-3,12H2,1H3/t17-/m1/s1. The van der Waals surface area contributed by atoms with Gasteiger partial charge in [0.25, 0.3) is 0 Å². The zero-order valence-corrected chi connectivity index (χ0v) is 13.6. The minimum absolute atomic E-state index is 0.243. The fourth-order valence-corrected chi connectivity index (χ4v) is 4.61. The van der Waals surface area contributed by atoms with E-state index in [0.717, 1.165) is 18.4 Å². The number of halogens is 1. The third-order valence-electron chi connectivity index (χ3n) is 4.12. The summed E-state index contributed by atoms with van der Waals surface area (Å²) in [5, 5.41) is 0. The Kier molecular flexibility index (Phi) is 4.37. The average molecular weight is 335 g/mol. The Balaban J connectivity index is 1.92. The third-order valence-corrected chi connectivity index (χ3v) is 6.05. The van der Waals surface area contributed by atoms with Gasteiger partial charge >= 0.3 is 0 Å². The molecule has 0 spiro atoms. The van der Waals surface area contributed by atoms with Gasteiger partial charge in [-0.25, -0.2) is 12.8 Å². The molecule has 4 nitrogen and oxygen atoms in total. The first-order valence-corrected chi connectivity index (χ1v) is 8.88. The van der Waals surface area contributed by atoms with Crippen molar-refractivity contribution < 1.29 is 17.5 Å². The van der Waals surface area contributed by atoms with Crippen molar-refractivity contribution in [1.29, 1.82) is 0 Å². The van der Waals surface area contributed by atoms with Crippen molar-refractivity contribution in [3.05, 3.63) is 59.9 Å². The summed E-state index contributed by atoms with van der Waals surface area (Å²) in [4.78, 5) is 0.243. The van der Waals surface area contributed by atoms with Crippen molar-refractivity contribution in [2.24, 2.45) is 0 Å². The van der Waals surface area contributed by atoms with Crippen LogP contribution in [0, 0.1) is 5.82 Å². The summed E-state index contributed by atoms with van der Waals surface area (Å²) in [5.74, 6) is 0.289. The highest BCUT2D eigenvalue weighted by atomic mass is 32.2. The number of sulfonamides is 1. The first-order valence-electron chi connectivity index (χ1n) is 7.44. The van der Waals surface area contributed by atoms with Crippen LogP contribution in [0.5, 0.6) is 5.75 Å². The number of rotatable bonds is 4. The fourth-order valence-electron chi connectivity index (χ4n) is 2.93. The number of benzene rings is 2. The highest BCUT2D eigenvalue weighted by Gasteiger charge is 2.36. The molecule has 0 aliphatic carbocycles. The third kappa shape index (κ3) is 3.09. The summed E-state index contributed by atoms with van der Waals surface area (Å²) in [7, 11) is -2.05. The summed E-state index contributed by atoms with van der Waals surface area (Å²) in [6, 6.07) is 12.2. The first kappa shape index (κ1) is 16.0. The molecule has 0 bridgehead atoms. The van der Waals surface area contributed by atoms with E-state index in [1.54, 1.807) is 36.4 Å². The maximum atomic E-state index is 13.1. The summed E-state index contributed by atoms with van der Waals surface area (Å²) >= 11 is 0. The number of hydrogen-bond acceptors (Lipinski definition) is 3. The average Bonchev–Trinajstić information content (AvgIpc) is 3.06. The fraction of sp³-hybridized carbons (Fsp3) is 0.294. The molecule has 1 fully saturated rings. The van der Waals surface area contributed by atoms with Crippen molar-refractivity contribution in [1.82, 2.24) is 4.31 Å². The molecule has 0 saturated carbocycles. The molecule has 0 N–H and O–H groups in total. The van der Waals surface area contributed by atoms with E-state index in [1.807, 2.05) is 0 Å². The van der Waals surface area contributed by atoms with E-state index in [9.17, 15) is 12.8 Å². The largest absolute Gasteiger partial charge is 0.497 e. The summed E-state index contributed by atoms with van der Waals surface area (Å²) in [6.45, 7) is 0.469. The number of hydrogen-bond donors (Lipinski definition) is 0. The number of ether oxygens (including phenoxy) is 1. The molecule has 1 heterocycles. The van der Waals surface area contributed by atoms with Crippen LogP contribution in [-0.2, 0) is 10.0 Å². The van der Waals surface area contributed by atoms with Crippen LogP contribution in [0.4, 0.5) is 4.39 Å². The number of nitrogens with zero attached hydrogens (tertiary/aromatic N) is 1. The lowest BCUT2D eigenvalue weighted by Gasteiger charge is -2.24. The van der Waals surface area contributed by atoms with Gasteiger partial charge in [0.15, 0.2) is 0 Å². The second-order valence-electron chi connectivity index (χ2n) is 5.50. The van der Waals surface area contributed by atoms with E-state index in [0.29, 0.717) is 12.3 Å². The second kappa shape index (κ2) is 6.29. The molecule has 1 aliphatic heterocycles. The molecule has 0 aromatic heterocycles. The normalized spacial score (nSPS) is 19.0. The van der Waals surface area contributed by atoms with Crippen LogP contribution in [0.2, 0.25) is 0 Å². The van der Waals surface area contributed by atoms with Crippen LogP contribution in [-0.4, -0.2) is 26.4 Å². The highest BCUT2D eigenvalue weighted by Crippen LogP contribution is 2.36. The molecular weight excluding hydrogens is 317 g/mol. The Morgan fingerprint density at radius 3 is 2.35 bits per heavy atom. The Bertz CT molecular complexity index is 772. The monoisotopic (exact) mass is 335 g/mol. The van der Waals surface area contributed by atoms with Crippen molar-refractivity contribution in [2.45, 2.75) is 23.8 Å². The maximum absolute atomic E-state index is 13.1.